The van der Waals surface area contributed by atoms with Crippen LogP contribution in [0.1, 0.15) is 20.3 Å². The Bertz CT molecular complexity index is 167. The molecule has 1 rings (SSSR count). The van der Waals surface area contributed by atoms with Crippen LogP contribution in [0.4, 0.5) is 8.78 Å². The van der Waals surface area contributed by atoms with Crippen molar-refractivity contribution in [2.75, 3.05) is 19.8 Å². The van der Waals surface area contributed by atoms with Crippen molar-refractivity contribution in [3.63, 3.8) is 0 Å². The molecule has 0 radical (unpaired) electrons. The summed E-state index contributed by atoms with van der Waals surface area (Å²) in [7, 11) is 0. The smallest absolute Gasteiger partial charge is 0.253 e. The molecule has 0 saturated heterocycles. The first-order valence-electron chi connectivity index (χ1n) is 4.71. The molecule has 86 valence electrons. The van der Waals surface area contributed by atoms with Gasteiger partial charge in [-0.05, 0) is 0 Å². The first-order valence-corrected chi connectivity index (χ1v) is 4.71. The SMILES string of the molecule is CC(C)NCCOCC1CC1(F)F.Cl. The molecule has 0 amide bonds. The van der Waals surface area contributed by atoms with Crippen molar-refractivity contribution in [3.05, 3.63) is 0 Å². The lowest BCUT2D eigenvalue weighted by Gasteiger charge is -2.07. The number of ether oxygens (including phenoxy) is 1. The number of alkyl halides is 2. The van der Waals surface area contributed by atoms with Crippen LogP contribution in [-0.2, 0) is 4.74 Å². The van der Waals surface area contributed by atoms with Gasteiger partial charge in [0.25, 0.3) is 5.92 Å². The summed E-state index contributed by atoms with van der Waals surface area (Å²) < 4.78 is 29.8. The van der Waals surface area contributed by atoms with Crippen molar-refractivity contribution in [2.24, 2.45) is 5.92 Å². The van der Waals surface area contributed by atoms with E-state index in [4.69, 9.17) is 4.74 Å². The summed E-state index contributed by atoms with van der Waals surface area (Å²) in [5.74, 6) is -2.96. The highest BCUT2D eigenvalue weighted by molar-refractivity contribution is 5.85. The molecular weight excluding hydrogens is 212 g/mol. The zero-order valence-electron chi connectivity index (χ0n) is 8.56. The lowest BCUT2D eigenvalue weighted by Crippen LogP contribution is -2.27. The second-order valence-corrected chi connectivity index (χ2v) is 3.85. The first-order chi connectivity index (χ1) is 6.02. The summed E-state index contributed by atoms with van der Waals surface area (Å²) in [6.45, 7) is 5.53. The zero-order chi connectivity index (χ0) is 9.90. The quantitative estimate of drug-likeness (QED) is 0.705. The Morgan fingerprint density at radius 3 is 2.50 bits per heavy atom. The predicted octanol–water partition coefficient (Wildman–Crippen LogP) is 2.08. The molecule has 0 aromatic carbocycles. The van der Waals surface area contributed by atoms with Gasteiger partial charge in [0.15, 0.2) is 0 Å². The van der Waals surface area contributed by atoms with E-state index in [-0.39, 0.29) is 25.4 Å². The molecule has 0 aromatic rings. The van der Waals surface area contributed by atoms with E-state index in [1.807, 2.05) is 13.8 Å². The molecule has 0 bridgehead atoms. The molecule has 1 saturated carbocycles. The van der Waals surface area contributed by atoms with E-state index in [0.717, 1.165) is 6.54 Å². The van der Waals surface area contributed by atoms with Gasteiger partial charge in [-0.1, -0.05) is 13.8 Å². The Balaban J connectivity index is 0.00000169. The van der Waals surface area contributed by atoms with Crippen molar-refractivity contribution in [1.29, 1.82) is 0 Å². The summed E-state index contributed by atoms with van der Waals surface area (Å²) in [5.41, 5.74) is 0. The molecule has 1 fully saturated rings. The van der Waals surface area contributed by atoms with E-state index in [1.165, 1.54) is 0 Å². The lowest BCUT2D eigenvalue weighted by atomic mass is 10.4. The van der Waals surface area contributed by atoms with Crippen molar-refractivity contribution in [1.82, 2.24) is 5.32 Å². The third kappa shape index (κ3) is 5.08. The second kappa shape index (κ2) is 5.83. The van der Waals surface area contributed by atoms with Crippen molar-refractivity contribution < 1.29 is 13.5 Å². The molecule has 0 spiro atoms. The van der Waals surface area contributed by atoms with Gasteiger partial charge in [0.2, 0.25) is 0 Å². The molecule has 1 aliphatic carbocycles. The van der Waals surface area contributed by atoms with E-state index >= 15 is 0 Å². The fraction of sp³-hybridized carbons (Fsp3) is 1.00. The molecule has 1 atom stereocenters. The van der Waals surface area contributed by atoms with Crippen LogP contribution < -0.4 is 5.32 Å². The predicted molar refractivity (Wildman–Crippen MR) is 54.3 cm³/mol. The molecule has 14 heavy (non-hydrogen) atoms. The average Bonchev–Trinajstić information content (AvgIpc) is 2.58. The largest absolute Gasteiger partial charge is 0.380 e. The Labute approximate surface area is 89.8 Å². The summed E-state index contributed by atoms with van der Waals surface area (Å²) >= 11 is 0. The average molecular weight is 230 g/mol. The second-order valence-electron chi connectivity index (χ2n) is 3.85. The monoisotopic (exact) mass is 229 g/mol. The minimum absolute atomic E-state index is 0. The van der Waals surface area contributed by atoms with Gasteiger partial charge in [0.05, 0.1) is 19.1 Å². The minimum Gasteiger partial charge on any atom is -0.380 e. The molecule has 0 aromatic heterocycles. The van der Waals surface area contributed by atoms with Gasteiger partial charge >= 0.3 is 0 Å². The summed E-state index contributed by atoms with van der Waals surface area (Å²) in [5, 5.41) is 3.15. The molecular formula is C9H18ClF2NO. The third-order valence-corrected chi connectivity index (χ3v) is 2.07. The van der Waals surface area contributed by atoms with Gasteiger partial charge in [-0.2, -0.15) is 0 Å². The Kier molecular flexibility index (Phi) is 5.86. The maximum absolute atomic E-state index is 12.3. The molecule has 1 N–H and O–H groups in total. The number of hydrogen-bond donors (Lipinski definition) is 1. The summed E-state index contributed by atoms with van der Waals surface area (Å²) in [4.78, 5) is 0. The van der Waals surface area contributed by atoms with Crippen molar-refractivity contribution in [2.45, 2.75) is 32.2 Å². The summed E-state index contributed by atoms with van der Waals surface area (Å²) in [6.07, 6.45) is 0.00457. The molecule has 0 heterocycles. The maximum Gasteiger partial charge on any atom is 0.253 e. The minimum atomic E-state index is -2.44. The van der Waals surface area contributed by atoms with Gasteiger partial charge in [-0.15, -0.1) is 12.4 Å². The highest BCUT2D eigenvalue weighted by Gasteiger charge is 2.56. The first kappa shape index (κ1) is 14.1. The van der Waals surface area contributed by atoms with Gasteiger partial charge in [0.1, 0.15) is 0 Å². The number of rotatable bonds is 6. The Morgan fingerprint density at radius 1 is 1.50 bits per heavy atom. The highest BCUT2D eigenvalue weighted by Crippen LogP contribution is 2.48. The van der Waals surface area contributed by atoms with E-state index in [2.05, 4.69) is 5.32 Å². The van der Waals surface area contributed by atoms with Crippen LogP contribution in [0.3, 0.4) is 0 Å². The molecule has 5 heteroatoms. The van der Waals surface area contributed by atoms with Crippen LogP contribution in [-0.4, -0.2) is 31.7 Å². The van der Waals surface area contributed by atoms with E-state index in [9.17, 15) is 8.78 Å². The van der Waals surface area contributed by atoms with Gasteiger partial charge in [0, 0.05) is 19.0 Å². The number of hydrogen-bond acceptors (Lipinski definition) is 2. The standard InChI is InChI=1S/C9H17F2NO.ClH/c1-7(2)12-3-4-13-6-8-5-9(8,10)11;/h7-8,12H,3-6H2,1-2H3;1H. The number of halogens is 3. The van der Waals surface area contributed by atoms with Crippen LogP contribution in [0.5, 0.6) is 0 Å². The van der Waals surface area contributed by atoms with E-state index < -0.39 is 11.8 Å². The fourth-order valence-electron chi connectivity index (χ4n) is 1.10. The summed E-state index contributed by atoms with van der Waals surface area (Å²) in [6, 6.07) is 0.422. The Hall–Kier alpha value is 0.0700. The molecule has 2 nitrogen and oxygen atoms in total. The van der Waals surface area contributed by atoms with E-state index in [1.54, 1.807) is 0 Å². The van der Waals surface area contributed by atoms with Gasteiger partial charge in [-0.3, -0.25) is 0 Å². The molecule has 0 aliphatic heterocycles. The lowest BCUT2D eigenvalue weighted by molar-refractivity contribution is 0.0553. The fourth-order valence-corrected chi connectivity index (χ4v) is 1.10. The highest BCUT2D eigenvalue weighted by atomic mass is 35.5. The molecule has 1 aliphatic rings. The Morgan fingerprint density at radius 2 is 2.07 bits per heavy atom. The van der Waals surface area contributed by atoms with E-state index in [0.29, 0.717) is 12.6 Å². The normalized spacial score (nSPS) is 23.4. The maximum atomic E-state index is 12.3. The van der Waals surface area contributed by atoms with Crippen LogP contribution >= 0.6 is 12.4 Å². The van der Waals surface area contributed by atoms with Crippen LogP contribution in [0.2, 0.25) is 0 Å². The van der Waals surface area contributed by atoms with Crippen LogP contribution in [0.15, 0.2) is 0 Å². The third-order valence-electron chi connectivity index (χ3n) is 2.07. The zero-order valence-corrected chi connectivity index (χ0v) is 9.37. The van der Waals surface area contributed by atoms with Crippen molar-refractivity contribution in [3.8, 4) is 0 Å². The van der Waals surface area contributed by atoms with Crippen LogP contribution in [0, 0.1) is 5.92 Å². The number of nitrogens with one attached hydrogen (secondary N) is 1. The van der Waals surface area contributed by atoms with Gasteiger partial charge in [-0.25, -0.2) is 8.78 Å². The van der Waals surface area contributed by atoms with Crippen molar-refractivity contribution >= 4 is 12.4 Å². The topological polar surface area (TPSA) is 21.3 Å². The van der Waals surface area contributed by atoms with Gasteiger partial charge < -0.3 is 10.1 Å². The van der Waals surface area contributed by atoms with Crippen LogP contribution in [0.25, 0.3) is 0 Å². The molecule has 1 unspecified atom stereocenters.